The maximum absolute atomic E-state index is 4.18. The molecule has 2 nitrogen and oxygen atoms in total. The Labute approximate surface area is 106 Å². The Hall–Kier alpha value is -2.35. The predicted molar refractivity (Wildman–Crippen MR) is 74.2 cm³/mol. The maximum atomic E-state index is 4.18. The fraction of sp³-hybridized carbons (Fsp3) is 0.0625. The van der Waals surface area contributed by atoms with Gasteiger partial charge >= 0.3 is 0 Å². The summed E-state index contributed by atoms with van der Waals surface area (Å²) in [5.41, 5.74) is 5.83. The van der Waals surface area contributed by atoms with E-state index in [0.29, 0.717) is 0 Å². The van der Waals surface area contributed by atoms with E-state index in [1.807, 2.05) is 24.4 Å². The molecule has 1 heterocycles. The highest BCUT2D eigenvalue weighted by Crippen LogP contribution is 2.30. The summed E-state index contributed by atoms with van der Waals surface area (Å²) >= 11 is 0. The van der Waals surface area contributed by atoms with Gasteiger partial charge in [0.05, 0.1) is 11.9 Å². The van der Waals surface area contributed by atoms with Crippen molar-refractivity contribution in [1.82, 2.24) is 10.2 Å². The molecule has 0 unspecified atom stereocenters. The molecule has 0 aliphatic rings. The molecule has 88 valence electrons. The minimum absolute atomic E-state index is 1.07. The number of H-pyrrole nitrogens is 1. The van der Waals surface area contributed by atoms with Gasteiger partial charge < -0.3 is 0 Å². The van der Waals surface area contributed by atoms with Gasteiger partial charge in [-0.2, -0.15) is 5.10 Å². The Morgan fingerprint density at radius 3 is 2.44 bits per heavy atom. The minimum atomic E-state index is 1.07. The second-order valence-corrected chi connectivity index (χ2v) is 4.39. The van der Waals surface area contributed by atoms with Crippen LogP contribution in [0.15, 0.2) is 60.8 Å². The van der Waals surface area contributed by atoms with Gasteiger partial charge in [-0.05, 0) is 12.5 Å². The van der Waals surface area contributed by atoms with Crippen molar-refractivity contribution in [3.05, 3.63) is 66.4 Å². The molecule has 18 heavy (non-hydrogen) atoms. The Balaban J connectivity index is 2.13. The van der Waals surface area contributed by atoms with Crippen molar-refractivity contribution >= 4 is 0 Å². The Morgan fingerprint density at radius 2 is 1.67 bits per heavy atom. The molecule has 3 aromatic rings. The Bertz CT molecular complexity index is 654. The van der Waals surface area contributed by atoms with Gasteiger partial charge in [0.15, 0.2) is 0 Å². The summed E-state index contributed by atoms with van der Waals surface area (Å²) in [4.78, 5) is 0. The van der Waals surface area contributed by atoms with Crippen LogP contribution in [0, 0.1) is 6.92 Å². The predicted octanol–water partition coefficient (Wildman–Crippen LogP) is 4.05. The van der Waals surface area contributed by atoms with Crippen LogP contribution in [0.25, 0.3) is 22.4 Å². The summed E-state index contributed by atoms with van der Waals surface area (Å²) in [7, 11) is 0. The molecule has 2 aromatic carbocycles. The van der Waals surface area contributed by atoms with Gasteiger partial charge in [0, 0.05) is 11.1 Å². The van der Waals surface area contributed by atoms with E-state index >= 15 is 0 Å². The molecule has 1 aromatic heterocycles. The molecule has 0 aliphatic carbocycles. The molecule has 0 spiro atoms. The summed E-state index contributed by atoms with van der Waals surface area (Å²) in [6.07, 6.45) is 1.89. The number of nitrogens with one attached hydrogen (secondary N) is 1. The lowest BCUT2D eigenvalue weighted by Gasteiger charge is -2.04. The topological polar surface area (TPSA) is 28.7 Å². The molecule has 0 bridgehead atoms. The van der Waals surface area contributed by atoms with Crippen LogP contribution in [0.4, 0.5) is 0 Å². The third kappa shape index (κ3) is 1.93. The van der Waals surface area contributed by atoms with Crippen molar-refractivity contribution in [3.8, 4) is 22.4 Å². The smallest absolute Gasteiger partial charge is 0.0728 e. The number of aromatic nitrogens is 2. The van der Waals surface area contributed by atoms with Crippen molar-refractivity contribution in [2.45, 2.75) is 6.92 Å². The van der Waals surface area contributed by atoms with Crippen LogP contribution in [0.3, 0.4) is 0 Å². The molecular formula is C16H14N2. The largest absolute Gasteiger partial charge is 0.277 e. The van der Waals surface area contributed by atoms with Gasteiger partial charge in [-0.1, -0.05) is 60.2 Å². The van der Waals surface area contributed by atoms with E-state index < -0.39 is 0 Å². The first kappa shape index (κ1) is 10.8. The van der Waals surface area contributed by atoms with E-state index in [-0.39, 0.29) is 0 Å². The number of rotatable bonds is 2. The third-order valence-electron chi connectivity index (χ3n) is 3.03. The second-order valence-electron chi connectivity index (χ2n) is 4.39. The summed E-state index contributed by atoms with van der Waals surface area (Å²) in [5.74, 6) is 0. The standard InChI is InChI=1S/C16H14N2/c1-12-6-5-9-14(10-12)15-11-17-18-16(15)13-7-3-2-4-8-13/h2-11H,1H3,(H,17,18). The normalized spacial score (nSPS) is 10.5. The summed E-state index contributed by atoms with van der Waals surface area (Å²) in [6.45, 7) is 2.10. The molecule has 0 fully saturated rings. The van der Waals surface area contributed by atoms with Crippen molar-refractivity contribution in [1.29, 1.82) is 0 Å². The summed E-state index contributed by atoms with van der Waals surface area (Å²) < 4.78 is 0. The van der Waals surface area contributed by atoms with Crippen molar-refractivity contribution < 1.29 is 0 Å². The number of hydrogen-bond donors (Lipinski definition) is 1. The second kappa shape index (κ2) is 4.49. The number of benzene rings is 2. The highest BCUT2D eigenvalue weighted by atomic mass is 15.1. The van der Waals surface area contributed by atoms with Crippen LogP contribution in [0.1, 0.15) is 5.56 Å². The van der Waals surface area contributed by atoms with Gasteiger partial charge in [0.2, 0.25) is 0 Å². The molecule has 0 saturated heterocycles. The monoisotopic (exact) mass is 234 g/mol. The molecule has 0 aliphatic heterocycles. The lowest BCUT2D eigenvalue weighted by molar-refractivity contribution is 1.10. The number of aromatic amines is 1. The minimum Gasteiger partial charge on any atom is -0.277 e. The zero-order valence-electron chi connectivity index (χ0n) is 10.2. The quantitative estimate of drug-likeness (QED) is 0.712. The van der Waals surface area contributed by atoms with E-state index in [1.54, 1.807) is 0 Å². The highest BCUT2D eigenvalue weighted by Gasteiger charge is 2.09. The molecule has 0 amide bonds. The lowest BCUT2D eigenvalue weighted by Crippen LogP contribution is -1.83. The number of aryl methyl sites for hydroxylation is 1. The molecule has 0 atom stereocenters. The average Bonchev–Trinajstić information content (AvgIpc) is 2.89. The van der Waals surface area contributed by atoms with Gasteiger partial charge in [0.25, 0.3) is 0 Å². The fourth-order valence-electron chi connectivity index (χ4n) is 2.14. The van der Waals surface area contributed by atoms with Crippen LogP contribution in [0.2, 0.25) is 0 Å². The SMILES string of the molecule is Cc1cccc(-c2cn[nH]c2-c2ccccc2)c1. The summed E-state index contributed by atoms with van der Waals surface area (Å²) in [5, 5.41) is 7.27. The van der Waals surface area contributed by atoms with E-state index in [2.05, 4.69) is 53.5 Å². The van der Waals surface area contributed by atoms with Crippen molar-refractivity contribution in [3.63, 3.8) is 0 Å². The molecular weight excluding hydrogens is 220 g/mol. The molecule has 1 N–H and O–H groups in total. The zero-order chi connectivity index (χ0) is 12.4. The molecule has 2 heteroatoms. The van der Waals surface area contributed by atoms with Crippen molar-refractivity contribution in [2.75, 3.05) is 0 Å². The zero-order valence-corrected chi connectivity index (χ0v) is 10.2. The maximum Gasteiger partial charge on any atom is 0.0728 e. The molecule has 0 radical (unpaired) electrons. The van der Waals surface area contributed by atoms with Gasteiger partial charge in [0.1, 0.15) is 0 Å². The van der Waals surface area contributed by atoms with E-state index in [4.69, 9.17) is 0 Å². The fourth-order valence-corrected chi connectivity index (χ4v) is 2.14. The van der Waals surface area contributed by atoms with Crippen molar-refractivity contribution in [2.24, 2.45) is 0 Å². The summed E-state index contributed by atoms with van der Waals surface area (Å²) in [6, 6.07) is 18.7. The molecule has 3 rings (SSSR count). The highest BCUT2D eigenvalue weighted by molar-refractivity contribution is 5.80. The number of hydrogen-bond acceptors (Lipinski definition) is 1. The number of nitrogens with zero attached hydrogens (tertiary/aromatic N) is 1. The first-order chi connectivity index (χ1) is 8.84. The van der Waals surface area contributed by atoms with Gasteiger partial charge in [-0.25, -0.2) is 0 Å². The van der Waals surface area contributed by atoms with E-state index in [0.717, 1.165) is 16.8 Å². The first-order valence-corrected chi connectivity index (χ1v) is 6.00. The van der Waals surface area contributed by atoms with E-state index in [9.17, 15) is 0 Å². The Morgan fingerprint density at radius 1 is 0.889 bits per heavy atom. The third-order valence-corrected chi connectivity index (χ3v) is 3.03. The molecule has 0 saturated carbocycles. The van der Waals surface area contributed by atoms with Crippen LogP contribution >= 0.6 is 0 Å². The van der Waals surface area contributed by atoms with Crippen LogP contribution in [0.5, 0.6) is 0 Å². The van der Waals surface area contributed by atoms with Crippen LogP contribution in [-0.2, 0) is 0 Å². The van der Waals surface area contributed by atoms with Crippen LogP contribution < -0.4 is 0 Å². The van der Waals surface area contributed by atoms with Gasteiger partial charge in [-0.3, -0.25) is 5.10 Å². The van der Waals surface area contributed by atoms with Gasteiger partial charge in [-0.15, -0.1) is 0 Å². The lowest BCUT2D eigenvalue weighted by atomic mass is 10.0. The van der Waals surface area contributed by atoms with E-state index in [1.165, 1.54) is 11.1 Å². The first-order valence-electron chi connectivity index (χ1n) is 6.00. The van der Waals surface area contributed by atoms with Crippen LogP contribution in [-0.4, -0.2) is 10.2 Å². The Kier molecular flexibility index (Phi) is 2.69. The average molecular weight is 234 g/mol.